The van der Waals surface area contributed by atoms with Gasteiger partial charge in [-0.2, -0.15) is 0 Å². The predicted molar refractivity (Wildman–Crippen MR) is 54.3 cm³/mol. The third-order valence-corrected chi connectivity index (χ3v) is 2.79. The van der Waals surface area contributed by atoms with Gasteiger partial charge in [0, 0.05) is 17.1 Å². The molecular formula is C7H5ClN2S2. The molecule has 0 aliphatic carbocycles. The molecule has 0 fully saturated rings. The van der Waals surface area contributed by atoms with Crippen molar-refractivity contribution in [2.75, 3.05) is 0 Å². The fourth-order valence-corrected chi connectivity index (χ4v) is 1.99. The van der Waals surface area contributed by atoms with E-state index in [1.807, 2.05) is 17.6 Å². The molecule has 0 radical (unpaired) electrons. The molecule has 2 N–H and O–H groups in total. The van der Waals surface area contributed by atoms with E-state index >= 15 is 0 Å². The first kappa shape index (κ1) is 8.04. The second-order valence-corrected chi connectivity index (χ2v) is 4.25. The monoisotopic (exact) mass is 216 g/mol. The molecule has 12 heavy (non-hydrogen) atoms. The first-order valence-corrected chi connectivity index (χ1v) is 4.94. The predicted octanol–water partition coefficient (Wildman–Crippen LogP) is 3.45. The molecule has 2 heterocycles. The van der Waals surface area contributed by atoms with E-state index in [2.05, 4.69) is 9.97 Å². The highest BCUT2D eigenvalue weighted by Gasteiger charge is 2.01. The number of aromatic nitrogens is 2. The molecule has 5 heteroatoms. The number of hydrogen-bond acceptors (Lipinski definition) is 2. The van der Waals surface area contributed by atoms with Crippen molar-refractivity contribution in [2.24, 2.45) is 0 Å². The van der Waals surface area contributed by atoms with E-state index in [1.165, 1.54) is 11.3 Å². The highest BCUT2D eigenvalue weighted by atomic mass is 35.5. The second-order valence-electron chi connectivity index (χ2n) is 2.30. The normalized spacial score (nSPS) is 10.4. The van der Waals surface area contributed by atoms with Gasteiger partial charge in [0.15, 0.2) is 4.77 Å². The molecule has 0 bridgehead atoms. The molecule has 0 aliphatic rings. The topological polar surface area (TPSA) is 31.6 Å². The maximum atomic E-state index is 5.79. The number of hydrogen-bond donors (Lipinski definition) is 2. The highest BCUT2D eigenvalue weighted by molar-refractivity contribution is 7.71. The third kappa shape index (κ3) is 1.46. The van der Waals surface area contributed by atoms with Crippen LogP contribution in [0.15, 0.2) is 17.6 Å². The van der Waals surface area contributed by atoms with Gasteiger partial charge in [-0.1, -0.05) is 11.6 Å². The lowest BCUT2D eigenvalue weighted by molar-refractivity contribution is 1.27. The Balaban J connectivity index is 2.50. The average molecular weight is 217 g/mol. The Labute approximate surface area is 83.2 Å². The van der Waals surface area contributed by atoms with Crippen LogP contribution < -0.4 is 0 Å². The summed E-state index contributed by atoms with van der Waals surface area (Å²) in [4.78, 5) is 5.91. The molecule has 2 aromatic rings. The minimum absolute atomic E-state index is 0.632. The van der Waals surface area contributed by atoms with Crippen LogP contribution in [0.4, 0.5) is 0 Å². The number of aromatic amines is 2. The maximum absolute atomic E-state index is 5.79. The SMILES string of the molecule is S=c1[nH]cc(-c2csc(Cl)c2)[nH]1. The van der Waals surface area contributed by atoms with Crippen molar-refractivity contribution in [3.63, 3.8) is 0 Å². The molecule has 62 valence electrons. The van der Waals surface area contributed by atoms with Gasteiger partial charge in [-0.05, 0) is 18.3 Å². The Morgan fingerprint density at radius 1 is 1.50 bits per heavy atom. The Morgan fingerprint density at radius 2 is 2.33 bits per heavy atom. The Bertz CT molecular complexity index is 440. The van der Waals surface area contributed by atoms with Gasteiger partial charge in [0.05, 0.1) is 10.0 Å². The summed E-state index contributed by atoms with van der Waals surface area (Å²) in [5, 5.41) is 1.98. The van der Waals surface area contributed by atoms with Crippen LogP contribution in [-0.2, 0) is 0 Å². The summed E-state index contributed by atoms with van der Waals surface area (Å²) in [6.45, 7) is 0. The average Bonchev–Trinajstić information content (AvgIpc) is 2.58. The molecule has 0 atom stereocenters. The van der Waals surface area contributed by atoms with E-state index in [4.69, 9.17) is 23.8 Å². The van der Waals surface area contributed by atoms with E-state index in [0.29, 0.717) is 4.77 Å². The van der Waals surface area contributed by atoms with Crippen LogP contribution in [0, 0.1) is 4.77 Å². The van der Waals surface area contributed by atoms with Gasteiger partial charge >= 0.3 is 0 Å². The van der Waals surface area contributed by atoms with Crippen LogP contribution in [0.1, 0.15) is 0 Å². The lowest BCUT2D eigenvalue weighted by Crippen LogP contribution is -1.69. The number of rotatable bonds is 1. The minimum Gasteiger partial charge on any atom is -0.337 e. The fraction of sp³-hybridized carbons (Fsp3) is 0. The minimum atomic E-state index is 0.632. The number of halogens is 1. The van der Waals surface area contributed by atoms with E-state index in [0.717, 1.165) is 15.6 Å². The molecule has 2 nitrogen and oxygen atoms in total. The third-order valence-electron chi connectivity index (χ3n) is 1.47. The zero-order chi connectivity index (χ0) is 8.55. The number of thiophene rings is 1. The zero-order valence-corrected chi connectivity index (χ0v) is 8.32. The van der Waals surface area contributed by atoms with Crippen LogP contribution in [0.5, 0.6) is 0 Å². The molecule has 0 aliphatic heterocycles. The maximum Gasteiger partial charge on any atom is 0.174 e. The first-order chi connectivity index (χ1) is 5.75. The van der Waals surface area contributed by atoms with E-state index < -0.39 is 0 Å². The molecule has 2 aromatic heterocycles. The van der Waals surface area contributed by atoms with Crippen molar-refractivity contribution in [3.8, 4) is 11.3 Å². The van der Waals surface area contributed by atoms with Gasteiger partial charge in [-0.25, -0.2) is 0 Å². The summed E-state index contributed by atoms with van der Waals surface area (Å²) < 4.78 is 1.41. The van der Waals surface area contributed by atoms with Crippen molar-refractivity contribution < 1.29 is 0 Å². The fourth-order valence-electron chi connectivity index (χ4n) is 0.939. The van der Waals surface area contributed by atoms with Crippen LogP contribution in [0.2, 0.25) is 4.34 Å². The number of H-pyrrole nitrogens is 2. The van der Waals surface area contributed by atoms with Crippen LogP contribution in [0.25, 0.3) is 11.3 Å². The summed E-state index contributed by atoms with van der Waals surface area (Å²) in [6.07, 6.45) is 1.83. The Kier molecular flexibility index (Phi) is 2.04. The zero-order valence-electron chi connectivity index (χ0n) is 5.93. The van der Waals surface area contributed by atoms with E-state index in [9.17, 15) is 0 Å². The largest absolute Gasteiger partial charge is 0.337 e. The van der Waals surface area contributed by atoms with Gasteiger partial charge in [0.25, 0.3) is 0 Å². The van der Waals surface area contributed by atoms with Gasteiger partial charge in [-0.15, -0.1) is 11.3 Å². The molecular weight excluding hydrogens is 212 g/mol. The second kappa shape index (κ2) is 3.05. The molecule has 2 rings (SSSR count). The summed E-state index contributed by atoms with van der Waals surface area (Å²) in [6, 6.07) is 1.90. The van der Waals surface area contributed by atoms with Crippen molar-refractivity contribution in [3.05, 3.63) is 26.8 Å². The lowest BCUT2D eigenvalue weighted by atomic mass is 10.3. The van der Waals surface area contributed by atoms with Crippen molar-refractivity contribution >= 4 is 35.2 Å². The summed E-state index contributed by atoms with van der Waals surface area (Å²) in [5.74, 6) is 0. The molecule has 0 amide bonds. The van der Waals surface area contributed by atoms with Crippen molar-refractivity contribution in [2.45, 2.75) is 0 Å². The van der Waals surface area contributed by atoms with Crippen molar-refractivity contribution in [1.82, 2.24) is 9.97 Å². The molecule has 0 spiro atoms. The molecule has 0 unspecified atom stereocenters. The van der Waals surface area contributed by atoms with E-state index in [1.54, 1.807) is 0 Å². The van der Waals surface area contributed by atoms with Crippen LogP contribution in [0.3, 0.4) is 0 Å². The van der Waals surface area contributed by atoms with Gasteiger partial charge in [0.1, 0.15) is 0 Å². The first-order valence-electron chi connectivity index (χ1n) is 3.28. The van der Waals surface area contributed by atoms with E-state index in [-0.39, 0.29) is 0 Å². The quantitative estimate of drug-likeness (QED) is 0.703. The molecule has 0 aromatic carbocycles. The summed E-state index contributed by atoms with van der Waals surface area (Å²) in [7, 11) is 0. The van der Waals surface area contributed by atoms with Gasteiger partial charge in [-0.3, -0.25) is 0 Å². The highest BCUT2D eigenvalue weighted by Crippen LogP contribution is 2.26. The standard InChI is InChI=1S/C7H5ClN2S2/c8-6-1-4(3-12-6)5-2-9-7(11)10-5/h1-3H,(H2,9,10,11). The summed E-state index contributed by atoms with van der Waals surface area (Å²) >= 11 is 12.2. The van der Waals surface area contributed by atoms with Crippen LogP contribution in [-0.4, -0.2) is 9.97 Å². The smallest absolute Gasteiger partial charge is 0.174 e. The van der Waals surface area contributed by atoms with Gasteiger partial charge < -0.3 is 9.97 Å². The Hall–Kier alpha value is -0.580. The summed E-state index contributed by atoms with van der Waals surface area (Å²) in [5.41, 5.74) is 2.04. The lowest BCUT2D eigenvalue weighted by Gasteiger charge is -1.86. The van der Waals surface area contributed by atoms with Crippen molar-refractivity contribution in [1.29, 1.82) is 0 Å². The Morgan fingerprint density at radius 3 is 2.83 bits per heavy atom. The van der Waals surface area contributed by atoms with Crippen LogP contribution >= 0.6 is 35.2 Å². The number of imidazole rings is 1. The molecule has 0 saturated carbocycles. The molecule has 0 saturated heterocycles. The van der Waals surface area contributed by atoms with Gasteiger partial charge in [0.2, 0.25) is 0 Å². The number of nitrogens with one attached hydrogen (secondary N) is 2.